The van der Waals surface area contributed by atoms with Gasteiger partial charge in [-0.2, -0.15) is 0 Å². The molecular formula is C10H16N2O3. The number of benzene rings is 1. The van der Waals surface area contributed by atoms with Crippen molar-refractivity contribution in [1.82, 2.24) is 0 Å². The van der Waals surface area contributed by atoms with Crippen LogP contribution in [-0.4, -0.2) is 25.9 Å². The first-order chi connectivity index (χ1) is 7.13. The quantitative estimate of drug-likeness (QED) is 0.670. The van der Waals surface area contributed by atoms with E-state index in [-0.39, 0.29) is 11.8 Å². The van der Waals surface area contributed by atoms with Crippen molar-refractivity contribution in [3.63, 3.8) is 0 Å². The average molecular weight is 212 g/mol. The van der Waals surface area contributed by atoms with E-state index in [1.807, 2.05) is 0 Å². The molecule has 0 bridgehead atoms. The van der Waals surface area contributed by atoms with Crippen molar-refractivity contribution in [3.05, 3.63) is 17.7 Å². The molecule has 5 heteroatoms. The first-order valence-electron chi connectivity index (χ1n) is 4.54. The summed E-state index contributed by atoms with van der Waals surface area (Å²) in [6.07, 6.45) is 0. The largest absolute Gasteiger partial charge is 0.502 e. The summed E-state index contributed by atoms with van der Waals surface area (Å²) in [6.45, 7) is 0.317. The fourth-order valence-electron chi connectivity index (χ4n) is 1.26. The van der Waals surface area contributed by atoms with Crippen LogP contribution < -0.4 is 20.9 Å². The van der Waals surface area contributed by atoms with Crippen molar-refractivity contribution < 1.29 is 14.6 Å². The minimum atomic E-state index is -0.298. The van der Waals surface area contributed by atoms with E-state index in [9.17, 15) is 5.11 Å². The third-order valence-corrected chi connectivity index (χ3v) is 2.18. The number of hydrogen-bond acceptors (Lipinski definition) is 5. The van der Waals surface area contributed by atoms with Crippen LogP contribution in [0.2, 0.25) is 0 Å². The smallest absolute Gasteiger partial charge is 0.200 e. The molecule has 0 heterocycles. The Balaban J connectivity index is 3.20. The lowest BCUT2D eigenvalue weighted by atomic mass is 10.1. The maximum absolute atomic E-state index is 9.65. The minimum absolute atomic E-state index is 0.0343. The second-order valence-corrected chi connectivity index (χ2v) is 3.12. The van der Waals surface area contributed by atoms with E-state index < -0.39 is 0 Å². The molecule has 0 unspecified atom stereocenters. The molecule has 0 aliphatic heterocycles. The molecule has 0 aliphatic carbocycles. The first kappa shape index (κ1) is 11.6. The van der Waals surface area contributed by atoms with E-state index in [2.05, 4.69) is 0 Å². The Hall–Kier alpha value is -1.46. The normalized spacial score (nSPS) is 12.3. The predicted molar refractivity (Wildman–Crippen MR) is 57.2 cm³/mol. The van der Waals surface area contributed by atoms with E-state index in [0.717, 1.165) is 5.56 Å². The van der Waals surface area contributed by atoms with Gasteiger partial charge in [0.25, 0.3) is 0 Å². The molecule has 1 aromatic carbocycles. The molecule has 0 aliphatic rings. The Labute approximate surface area is 88.6 Å². The summed E-state index contributed by atoms with van der Waals surface area (Å²) in [5.41, 5.74) is 12.0. The summed E-state index contributed by atoms with van der Waals surface area (Å²) in [5, 5.41) is 9.65. The zero-order valence-corrected chi connectivity index (χ0v) is 8.86. The van der Waals surface area contributed by atoms with Gasteiger partial charge in [0.05, 0.1) is 14.2 Å². The second-order valence-electron chi connectivity index (χ2n) is 3.12. The molecule has 0 radical (unpaired) electrons. The van der Waals surface area contributed by atoms with Gasteiger partial charge in [0.1, 0.15) is 0 Å². The van der Waals surface area contributed by atoms with Crippen LogP contribution in [0, 0.1) is 0 Å². The lowest BCUT2D eigenvalue weighted by molar-refractivity contribution is 0.338. The van der Waals surface area contributed by atoms with Gasteiger partial charge >= 0.3 is 0 Å². The van der Waals surface area contributed by atoms with Crippen molar-refractivity contribution in [2.75, 3.05) is 20.8 Å². The Kier molecular flexibility index (Phi) is 3.76. The third kappa shape index (κ3) is 2.31. The molecule has 0 saturated carbocycles. The number of phenolic OH excluding ortho intramolecular Hbond substituents is 1. The van der Waals surface area contributed by atoms with E-state index in [1.54, 1.807) is 12.1 Å². The summed E-state index contributed by atoms with van der Waals surface area (Å²) in [5.74, 6) is 0.620. The highest BCUT2D eigenvalue weighted by Crippen LogP contribution is 2.38. The van der Waals surface area contributed by atoms with Gasteiger partial charge < -0.3 is 26.0 Å². The summed E-state index contributed by atoms with van der Waals surface area (Å²) in [7, 11) is 2.93. The van der Waals surface area contributed by atoms with E-state index in [4.69, 9.17) is 20.9 Å². The Morgan fingerprint density at radius 1 is 1.27 bits per heavy atom. The molecule has 5 nitrogen and oxygen atoms in total. The van der Waals surface area contributed by atoms with Crippen LogP contribution in [0.15, 0.2) is 12.1 Å². The van der Waals surface area contributed by atoms with Crippen LogP contribution in [0.4, 0.5) is 0 Å². The molecule has 0 spiro atoms. The molecule has 0 amide bonds. The summed E-state index contributed by atoms with van der Waals surface area (Å²) < 4.78 is 9.99. The standard InChI is InChI=1S/C10H16N2O3/c1-14-8-3-6(7(12)5-11)4-9(15-2)10(8)13/h3-4,7,13H,5,11-12H2,1-2H3/t7-/m0/s1. The number of ether oxygens (including phenoxy) is 2. The van der Waals surface area contributed by atoms with Gasteiger partial charge in [-0.1, -0.05) is 0 Å². The Bertz CT molecular complexity index is 316. The van der Waals surface area contributed by atoms with Gasteiger partial charge in [-0.15, -0.1) is 0 Å². The Morgan fingerprint density at radius 2 is 1.73 bits per heavy atom. The molecule has 84 valence electrons. The molecule has 15 heavy (non-hydrogen) atoms. The van der Waals surface area contributed by atoms with Crippen molar-refractivity contribution in [1.29, 1.82) is 0 Å². The van der Waals surface area contributed by atoms with Gasteiger partial charge in [0, 0.05) is 12.6 Å². The van der Waals surface area contributed by atoms with E-state index >= 15 is 0 Å². The topological polar surface area (TPSA) is 90.7 Å². The maximum atomic E-state index is 9.65. The molecule has 1 rings (SSSR count). The van der Waals surface area contributed by atoms with Gasteiger partial charge in [0.15, 0.2) is 11.5 Å². The Morgan fingerprint density at radius 3 is 2.07 bits per heavy atom. The zero-order chi connectivity index (χ0) is 11.4. The highest BCUT2D eigenvalue weighted by Gasteiger charge is 2.14. The highest BCUT2D eigenvalue weighted by molar-refractivity contribution is 5.53. The number of nitrogens with two attached hydrogens (primary N) is 2. The van der Waals surface area contributed by atoms with Crippen LogP contribution in [-0.2, 0) is 0 Å². The van der Waals surface area contributed by atoms with Crippen LogP contribution in [0.1, 0.15) is 11.6 Å². The van der Waals surface area contributed by atoms with Crippen LogP contribution >= 0.6 is 0 Å². The molecule has 5 N–H and O–H groups in total. The number of hydrogen-bond donors (Lipinski definition) is 3. The van der Waals surface area contributed by atoms with Crippen LogP contribution in [0.25, 0.3) is 0 Å². The summed E-state index contributed by atoms with van der Waals surface area (Å²) >= 11 is 0. The van der Waals surface area contributed by atoms with Crippen molar-refractivity contribution >= 4 is 0 Å². The summed E-state index contributed by atoms with van der Waals surface area (Å²) in [6, 6.07) is 3.00. The number of aromatic hydroxyl groups is 1. The molecule has 0 aromatic heterocycles. The number of rotatable bonds is 4. The van der Waals surface area contributed by atoms with Gasteiger partial charge in [-0.05, 0) is 17.7 Å². The van der Waals surface area contributed by atoms with Crippen molar-refractivity contribution in [2.24, 2.45) is 11.5 Å². The van der Waals surface area contributed by atoms with Crippen molar-refractivity contribution in [3.8, 4) is 17.2 Å². The van der Waals surface area contributed by atoms with Gasteiger partial charge in [-0.25, -0.2) is 0 Å². The summed E-state index contributed by atoms with van der Waals surface area (Å²) in [4.78, 5) is 0. The van der Waals surface area contributed by atoms with Crippen LogP contribution in [0.5, 0.6) is 17.2 Å². The molecule has 1 aromatic rings. The average Bonchev–Trinajstić information content (AvgIpc) is 2.28. The molecule has 0 saturated heterocycles. The molecule has 0 fully saturated rings. The van der Waals surface area contributed by atoms with E-state index in [1.165, 1.54) is 14.2 Å². The maximum Gasteiger partial charge on any atom is 0.200 e. The second kappa shape index (κ2) is 4.86. The first-order valence-corrected chi connectivity index (χ1v) is 4.54. The highest BCUT2D eigenvalue weighted by atomic mass is 16.5. The van der Waals surface area contributed by atoms with Crippen LogP contribution in [0.3, 0.4) is 0 Å². The fourth-order valence-corrected chi connectivity index (χ4v) is 1.26. The van der Waals surface area contributed by atoms with Gasteiger partial charge in [0.2, 0.25) is 5.75 Å². The van der Waals surface area contributed by atoms with E-state index in [0.29, 0.717) is 18.0 Å². The third-order valence-electron chi connectivity index (χ3n) is 2.18. The predicted octanol–water partition coefficient (Wildman–Crippen LogP) is 0.368. The zero-order valence-electron chi connectivity index (χ0n) is 8.86. The van der Waals surface area contributed by atoms with Crippen molar-refractivity contribution in [2.45, 2.75) is 6.04 Å². The number of methoxy groups -OCH3 is 2. The minimum Gasteiger partial charge on any atom is -0.502 e. The molecule has 1 atom stereocenters. The lowest BCUT2D eigenvalue weighted by Gasteiger charge is -2.14. The fraction of sp³-hybridized carbons (Fsp3) is 0.400. The monoisotopic (exact) mass is 212 g/mol. The molecular weight excluding hydrogens is 196 g/mol. The number of phenols is 1. The lowest BCUT2D eigenvalue weighted by Crippen LogP contribution is -2.20. The van der Waals surface area contributed by atoms with Gasteiger partial charge in [-0.3, -0.25) is 0 Å². The SMILES string of the molecule is COc1cc([C@@H](N)CN)cc(OC)c1O.